The fourth-order valence-corrected chi connectivity index (χ4v) is 7.74. The van der Waals surface area contributed by atoms with Crippen molar-refractivity contribution in [2.45, 2.75) is 76.0 Å². The van der Waals surface area contributed by atoms with Gasteiger partial charge in [-0.3, -0.25) is 4.90 Å². The number of carbonyl (C=O) groups excluding carboxylic acids is 1. The minimum absolute atomic E-state index is 0.107. The molecule has 1 fully saturated rings. The molecule has 0 saturated heterocycles. The second-order valence-electron chi connectivity index (χ2n) is 12.2. The molecule has 4 rings (SSSR count). The van der Waals surface area contributed by atoms with E-state index in [0.717, 1.165) is 49.0 Å². The minimum atomic E-state index is -1.29. The van der Waals surface area contributed by atoms with Crippen LogP contribution in [0.5, 0.6) is 11.5 Å². The summed E-state index contributed by atoms with van der Waals surface area (Å²) in [6.07, 6.45) is 11.2. The number of oxime groups is 1. The van der Waals surface area contributed by atoms with Gasteiger partial charge in [0.05, 0.1) is 25.3 Å². The minimum Gasteiger partial charge on any atom is -0.490 e. The average molecular weight is 641 g/mol. The van der Waals surface area contributed by atoms with Crippen LogP contribution in [0, 0.1) is 17.8 Å². The highest BCUT2D eigenvalue weighted by atomic mass is 16.7. The van der Waals surface area contributed by atoms with E-state index in [1.165, 1.54) is 14.2 Å². The summed E-state index contributed by atoms with van der Waals surface area (Å²) in [6, 6.07) is 5.30. The molecule has 6 atom stereocenters. The third kappa shape index (κ3) is 7.29. The van der Waals surface area contributed by atoms with Gasteiger partial charge in [-0.2, -0.15) is 0 Å². The first-order valence-electron chi connectivity index (χ1n) is 16.6. The summed E-state index contributed by atoms with van der Waals surface area (Å²) in [5.41, 5.74) is 2.75. The lowest BCUT2D eigenvalue weighted by atomic mass is 9.55. The molecule has 1 aliphatic heterocycles. The normalized spacial score (nSPS) is 27.0. The quantitative estimate of drug-likeness (QED) is 0.114. The van der Waals surface area contributed by atoms with Crippen LogP contribution in [0.25, 0.3) is 0 Å². The number of aliphatic hydroxyl groups excluding tert-OH is 2. The molecular formula is C36H52N2O8. The van der Waals surface area contributed by atoms with Crippen LogP contribution in [0.3, 0.4) is 0 Å². The highest BCUT2D eigenvalue weighted by molar-refractivity contribution is 6.02. The molecule has 3 aliphatic rings. The van der Waals surface area contributed by atoms with Gasteiger partial charge in [0.2, 0.25) is 5.79 Å². The van der Waals surface area contributed by atoms with Gasteiger partial charge in [0.1, 0.15) is 31.3 Å². The van der Waals surface area contributed by atoms with Crippen LogP contribution in [0.1, 0.15) is 69.8 Å². The standard InChI is InChI=1S/C36H52N2O8/c1-6-17-38(35(41)42-4)32-24-30(37-43-5)28-22-25(13-9-11-18-39)27(14-10-12-19-40)33-29-23-26(44-20-7-2)15-16-31(29)46-36(32,34(28)33)45-21-8-3/h7-8,15-16,22-23,25,27,32-34,39-40H,2-3,6,9-14,17-21,24H2,1,4-5H3. The molecule has 46 heavy (non-hydrogen) atoms. The van der Waals surface area contributed by atoms with Crippen molar-refractivity contribution in [3.05, 3.63) is 60.7 Å². The molecule has 1 aromatic rings. The molecule has 0 spiro atoms. The number of carbonyl (C=O) groups is 1. The highest BCUT2D eigenvalue weighted by Gasteiger charge is 2.65. The van der Waals surface area contributed by atoms with Gasteiger partial charge < -0.3 is 34.0 Å². The number of fused-ring (bicyclic) bond motifs is 2. The third-order valence-electron chi connectivity index (χ3n) is 9.46. The Morgan fingerprint density at radius 2 is 1.85 bits per heavy atom. The van der Waals surface area contributed by atoms with Gasteiger partial charge in [-0.25, -0.2) is 4.79 Å². The monoisotopic (exact) mass is 640 g/mol. The van der Waals surface area contributed by atoms with Gasteiger partial charge >= 0.3 is 6.09 Å². The number of nitrogens with zero attached hydrogens (tertiary/aromatic N) is 2. The summed E-state index contributed by atoms with van der Waals surface area (Å²) in [5, 5.41) is 23.9. The Morgan fingerprint density at radius 3 is 2.50 bits per heavy atom. The number of hydrogen-bond donors (Lipinski definition) is 2. The summed E-state index contributed by atoms with van der Waals surface area (Å²) < 4.78 is 25.3. The number of rotatable bonds is 18. The first kappa shape index (κ1) is 35.5. The summed E-state index contributed by atoms with van der Waals surface area (Å²) in [7, 11) is 2.93. The largest absolute Gasteiger partial charge is 0.490 e. The summed E-state index contributed by atoms with van der Waals surface area (Å²) >= 11 is 0. The number of ether oxygens (including phenoxy) is 4. The van der Waals surface area contributed by atoms with E-state index >= 15 is 0 Å². The molecule has 6 unspecified atom stereocenters. The zero-order valence-electron chi connectivity index (χ0n) is 27.7. The van der Waals surface area contributed by atoms with Gasteiger partial charge in [0, 0.05) is 37.7 Å². The second kappa shape index (κ2) is 17.0. The number of allylic oxidation sites excluding steroid dienone is 1. The fraction of sp³-hybridized carbons (Fsp3) is 0.611. The molecule has 2 N–H and O–H groups in total. The van der Waals surface area contributed by atoms with Gasteiger partial charge in [0.15, 0.2) is 0 Å². The van der Waals surface area contributed by atoms with Crippen LogP contribution in [-0.4, -0.2) is 85.9 Å². The molecule has 10 heteroatoms. The Bertz CT molecular complexity index is 1250. The predicted octanol–water partition coefficient (Wildman–Crippen LogP) is 5.99. The Hall–Kier alpha value is -3.34. The number of amides is 1. The number of aliphatic hydroxyl groups is 2. The SMILES string of the molecule is C=CCOc1ccc2c(c1)C1C(CCCCO)C(CCCCO)C=C3C(=NOC)CC(N(CCC)C(=O)OC)C(OCC=C)(O2)C31. The smallest absolute Gasteiger partial charge is 0.409 e. The lowest BCUT2D eigenvalue weighted by Gasteiger charge is -2.59. The van der Waals surface area contributed by atoms with E-state index in [2.05, 4.69) is 30.5 Å². The van der Waals surface area contributed by atoms with E-state index in [-0.39, 0.29) is 43.5 Å². The van der Waals surface area contributed by atoms with Crippen molar-refractivity contribution in [3.63, 3.8) is 0 Å². The molecule has 0 radical (unpaired) electrons. The maximum atomic E-state index is 13.4. The van der Waals surface area contributed by atoms with Crippen LogP contribution in [0.4, 0.5) is 4.79 Å². The predicted molar refractivity (Wildman–Crippen MR) is 177 cm³/mol. The Labute approximate surface area is 273 Å². The lowest BCUT2D eigenvalue weighted by Crippen LogP contribution is -2.70. The summed E-state index contributed by atoms with van der Waals surface area (Å²) in [5.74, 6) is -0.0650. The highest BCUT2D eigenvalue weighted by Crippen LogP contribution is 2.61. The first-order valence-corrected chi connectivity index (χ1v) is 16.6. The molecule has 10 nitrogen and oxygen atoms in total. The van der Waals surface area contributed by atoms with Crippen LogP contribution < -0.4 is 9.47 Å². The molecule has 254 valence electrons. The van der Waals surface area contributed by atoms with Gasteiger partial charge in [-0.05, 0) is 67.7 Å². The second-order valence-corrected chi connectivity index (χ2v) is 12.2. The molecule has 0 aromatic heterocycles. The van der Waals surface area contributed by atoms with E-state index in [1.54, 1.807) is 17.1 Å². The number of unbranched alkanes of at least 4 members (excludes halogenated alkanes) is 2. The van der Waals surface area contributed by atoms with Crippen molar-refractivity contribution in [1.82, 2.24) is 4.90 Å². The topological polar surface area (TPSA) is 119 Å². The average Bonchev–Trinajstić information content (AvgIpc) is 3.07. The molecule has 1 amide bonds. The molecular weight excluding hydrogens is 588 g/mol. The van der Waals surface area contributed by atoms with Crippen molar-refractivity contribution in [1.29, 1.82) is 0 Å². The number of methoxy groups -OCH3 is 1. The van der Waals surface area contributed by atoms with Crippen LogP contribution in [0.15, 0.2) is 60.3 Å². The van der Waals surface area contributed by atoms with E-state index < -0.39 is 17.9 Å². The molecule has 0 bridgehead atoms. The maximum Gasteiger partial charge on any atom is 0.409 e. The summed E-state index contributed by atoms with van der Waals surface area (Å²) in [6.45, 7) is 11.0. The zero-order valence-corrected chi connectivity index (χ0v) is 27.7. The maximum absolute atomic E-state index is 13.4. The van der Waals surface area contributed by atoms with Crippen LogP contribution in [0.2, 0.25) is 0 Å². The van der Waals surface area contributed by atoms with Gasteiger partial charge in [-0.15, -0.1) is 6.58 Å². The molecule has 1 aromatic carbocycles. The Morgan fingerprint density at radius 1 is 1.11 bits per heavy atom. The third-order valence-corrected chi connectivity index (χ3v) is 9.46. The van der Waals surface area contributed by atoms with Gasteiger partial charge in [0.25, 0.3) is 0 Å². The van der Waals surface area contributed by atoms with Crippen molar-refractivity contribution < 1.29 is 38.8 Å². The molecule has 1 saturated carbocycles. The van der Waals surface area contributed by atoms with E-state index in [0.29, 0.717) is 43.9 Å². The van der Waals surface area contributed by atoms with Crippen LogP contribution in [-0.2, 0) is 14.3 Å². The van der Waals surface area contributed by atoms with Crippen molar-refractivity contribution in [2.75, 3.05) is 47.2 Å². The zero-order chi connectivity index (χ0) is 33.1. The van der Waals surface area contributed by atoms with Crippen molar-refractivity contribution >= 4 is 11.8 Å². The van der Waals surface area contributed by atoms with E-state index in [9.17, 15) is 15.0 Å². The van der Waals surface area contributed by atoms with Crippen LogP contribution >= 0.6 is 0 Å². The Kier molecular flexibility index (Phi) is 13.1. The Balaban J connectivity index is 2.03. The number of benzene rings is 1. The van der Waals surface area contributed by atoms with E-state index in [1.807, 2.05) is 19.1 Å². The fourth-order valence-electron chi connectivity index (χ4n) is 7.74. The number of hydrogen-bond acceptors (Lipinski definition) is 9. The molecule has 2 aliphatic carbocycles. The molecule has 1 heterocycles. The first-order chi connectivity index (χ1) is 22.4. The van der Waals surface area contributed by atoms with E-state index in [4.69, 9.17) is 23.8 Å². The summed E-state index contributed by atoms with van der Waals surface area (Å²) in [4.78, 5) is 20.6. The van der Waals surface area contributed by atoms with Crippen molar-refractivity contribution in [2.24, 2.45) is 22.9 Å². The lowest BCUT2D eigenvalue weighted by molar-refractivity contribution is -0.255. The van der Waals surface area contributed by atoms with Crippen molar-refractivity contribution in [3.8, 4) is 11.5 Å². The van der Waals surface area contributed by atoms with Gasteiger partial charge in [-0.1, -0.05) is 49.7 Å².